The molecule has 21 heavy (non-hydrogen) atoms. The Morgan fingerprint density at radius 2 is 1.95 bits per heavy atom. The highest BCUT2D eigenvalue weighted by molar-refractivity contribution is 5.94. The lowest BCUT2D eigenvalue weighted by Gasteiger charge is -2.08. The summed E-state index contributed by atoms with van der Waals surface area (Å²) in [6, 6.07) is 6.12. The molecule has 0 unspecified atom stereocenters. The van der Waals surface area contributed by atoms with Crippen LogP contribution in [0.15, 0.2) is 52.4 Å². The molecule has 0 bridgehead atoms. The first-order chi connectivity index (χ1) is 9.94. The molecule has 110 valence electrons. The van der Waals surface area contributed by atoms with Gasteiger partial charge in [-0.3, -0.25) is 4.79 Å². The normalized spacial score (nSPS) is 11.6. The Morgan fingerprint density at radius 1 is 1.24 bits per heavy atom. The van der Waals surface area contributed by atoms with Crippen LogP contribution in [-0.4, -0.2) is 18.5 Å². The van der Waals surface area contributed by atoms with E-state index in [1.54, 1.807) is 6.07 Å². The van der Waals surface area contributed by atoms with Crippen molar-refractivity contribution in [1.29, 1.82) is 0 Å². The second kappa shape index (κ2) is 6.12. The van der Waals surface area contributed by atoms with Gasteiger partial charge in [-0.2, -0.15) is 5.10 Å². The lowest BCUT2D eigenvalue weighted by molar-refractivity contribution is -0.274. The van der Waals surface area contributed by atoms with Gasteiger partial charge in [0.05, 0.1) is 18.7 Å². The van der Waals surface area contributed by atoms with Crippen LogP contribution >= 0.6 is 0 Å². The van der Waals surface area contributed by atoms with E-state index in [0.717, 1.165) is 12.1 Å². The van der Waals surface area contributed by atoms with Gasteiger partial charge in [-0.05, 0) is 30.3 Å². The van der Waals surface area contributed by atoms with E-state index in [-0.39, 0.29) is 5.56 Å². The zero-order valence-corrected chi connectivity index (χ0v) is 10.4. The minimum absolute atomic E-state index is 0.147. The second-order valence-electron chi connectivity index (χ2n) is 3.83. The van der Waals surface area contributed by atoms with Crippen molar-refractivity contribution >= 4 is 12.1 Å². The van der Waals surface area contributed by atoms with Crippen LogP contribution in [-0.2, 0) is 0 Å². The third-order valence-electron chi connectivity index (χ3n) is 2.27. The standard InChI is InChI=1S/C13H9F3N2O3/c14-13(15,16)21-11-3-1-10(2-4-11)12(19)18-17-7-9-5-6-20-8-9/h1-8H,(H,18,19). The van der Waals surface area contributed by atoms with Crippen LogP contribution in [0.25, 0.3) is 0 Å². The van der Waals surface area contributed by atoms with Crippen LogP contribution in [0.2, 0.25) is 0 Å². The minimum Gasteiger partial charge on any atom is -0.472 e. The van der Waals surface area contributed by atoms with Gasteiger partial charge in [0, 0.05) is 11.1 Å². The summed E-state index contributed by atoms with van der Waals surface area (Å²) in [5, 5.41) is 3.68. The third kappa shape index (κ3) is 4.68. The van der Waals surface area contributed by atoms with Crippen molar-refractivity contribution in [2.45, 2.75) is 6.36 Å². The monoisotopic (exact) mass is 298 g/mol. The SMILES string of the molecule is O=C(NN=Cc1ccoc1)c1ccc(OC(F)(F)F)cc1. The maximum absolute atomic E-state index is 12.0. The Labute approximate surface area is 117 Å². The van der Waals surface area contributed by atoms with E-state index in [1.807, 2.05) is 0 Å². The van der Waals surface area contributed by atoms with Crippen molar-refractivity contribution in [1.82, 2.24) is 5.43 Å². The number of carbonyl (C=O) groups excluding carboxylic acids is 1. The van der Waals surface area contributed by atoms with Crippen LogP contribution in [0.5, 0.6) is 5.75 Å². The number of furan rings is 1. The van der Waals surface area contributed by atoms with E-state index in [9.17, 15) is 18.0 Å². The van der Waals surface area contributed by atoms with Gasteiger partial charge < -0.3 is 9.15 Å². The highest BCUT2D eigenvalue weighted by Gasteiger charge is 2.31. The summed E-state index contributed by atoms with van der Waals surface area (Å²) in [6.07, 6.45) is -0.525. The molecule has 1 aromatic heterocycles. The summed E-state index contributed by atoms with van der Waals surface area (Å²) in [7, 11) is 0. The molecule has 0 aliphatic rings. The molecule has 1 amide bonds. The van der Waals surface area contributed by atoms with E-state index in [1.165, 1.54) is 30.9 Å². The Kier molecular flexibility index (Phi) is 4.27. The number of rotatable bonds is 4. The van der Waals surface area contributed by atoms with Crippen molar-refractivity contribution in [3.8, 4) is 5.75 Å². The molecular weight excluding hydrogens is 289 g/mol. The number of nitrogens with one attached hydrogen (secondary N) is 1. The number of benzene rings is 1. The topological polar surface area (TPSA) is 63.8 Å². The number of amides is 1. The first kappa shape index (κ1) is 14.6. The van der Waals surface area contributed by atoms with E-state index < -0.39 is 18.0 Å². The fourth-order valence-electron chi connectivity index (χ4n) is 1.39. The van der Waals surface area contributed by atoms with Gasteiger partial charge in [-0.1, -0.05) is 0 Å². The summed E-state index contributed by atoms with van der Waals surface area (Å²) in [5.74, 6) is -0.964. The molecule has 1 heterocycles. The second-order valence-corrected chi connectivity index (χ2v) is 3.83. The molecule has 0 atom stereocenters. The number of halogens is 3. The quantitative estimate of drug-likeness (QED) is 0.697. The number of carbonyl (C=O) groups is 1. The maximum Gasteiger partial charge on any atom is 0.573 e. The maximum atomic E-state index is 12.0. The molecule has 1 aromatic carbocycles. The van der Waals surface area contributed by atoms with Crippen molar-refractivity contribution < 1.29 is 27.1 Å². The molecule has 0 saturated heterocycles. The first-order valence-corrected chi connectivity index (χ1v) is 5.65. The molecular formula is C13H9F3N2O3. The molecule has 0 fully saturated rings. The summed E-state index contributed by atoms with van der Waals surface area (Å²) >= 11 is 0. The third-order valence-corrected chi connectivity index (χ3v) is 2.27. The average molecular weight is 298 g/mol. The number of nitrogens with zero attached hydrogens (tertiary/aromatic N) is 1. The van der Waals surface area contributed by atoms with Crippen LogP contribution in [0.1, 0.15) is 15.9 Å². The van der Waals surface area contributed by atoms with E-state index >= 15 is 0 Å². The highest BCUT2D eigenvalue weighted by Crippen LogP contribution is 2.22. The van der Waals surface area contributed by atoms with Crippen LogP contribution in [0, 0.1) is 0 Å². The average Bonchev–Trinajstić information content (AvgIpc) is 2.91. The Bertz CT molecular complexity index is 619. The molecule has 5 nitrogen and oxygen atoms in total. The molecule has 0 aliphatic carbocycles. The van der Waals surface area contributed by atoms with Crippen molar-refractivity contribution in [2.24, 2.45) is 5.10 Å². The number of hydrogen-bond donors (Lipinski definition) is 1. The van der Waals surface area contributed by atoms with Gasteiger partial charge in [0.2, 0.25) is 0 Å². The Hall–Kier alpha value is -2.77. The molecule has 0 radical (unpaired) electrons. The number of hydrogen-bond acceptors (Lipinski definition) is 4. The first-order valence-electron chi connectivity index (χ1n) is 5.65. The Morgan fingerprint density at radius 3 is 2.52 bits per heavy atom. The largest absolute Gasteiger partial charge is 0.573 e. The van der Waals surface area contributed by atoms with Gasteiger partial charge in [-0.25, -0.2) is 5.43 Å². The molecule has 1 N–H and O–H groups in total. The molecule has 8 heteroatoms. The van der Waals surface area contributed by atoms with Crippen molar-refractivity contribution in [2.75, 3.05) is 0 Å². The number of ether oxygens (including phenoxy) is 1. The van der Waals surface area contributed by atoms with E-state index in [0.29, 0.717) is 5.56 Å². The molecule has 2 aromatic rings. The fourth-order valence-corrected chi connectivity index (χ4v) is 1.39. The van der Waals surface area contributed by atoms with Crippen LogP contribution < -0.4 is 10.2 Å². The zero-order valence-electron chi connectivity index (χ0n) is 10.4. The number of hydrazone groups is 1. The van der Waals surface area contributed by atoms with Crippen LogP contribution in [0.3, 0.4) is 0 Å². The zero-order chi connectivity index (χ0) is 15.3. The minimum atomic E-state index is -4.77. The van der Waals surface area contributed by atoms with Gasteiger partial charge in [0.15, 0.2) is 0 Å². The molecule has 0 spiro atoms. The van der Waals surface area contributed by atoms with Crippen molar-refractivity contribution in [3.05, 3.63) is 54.0 Å². The predicted molar refractivity (Wildman–Crippen MR) is 66.9 cm³/mol. The molecule has 2 rings (SSSR count). The Balaban J connectivity index is 1.93. The van der Waals surface area contributed by atoms with Gasteiger partial charge >= 0.3 is 6.36 Å². The summed E-state index contributed by atoms with van der Waals surface area (Å²) in [6.45, 7) is 0. The molecule has 0 saturated carbocycles. The smallest absolute Gasteiger partial charge is 0.472 e. The van der Waals surface area contributed by atoms with Crippen molar-refractivity contribution in [3.63, 3.8) is 0 Å². The lowest BCUT2D eigenvalue weighted by atomic mass is 10.2. The summed E-state index contributed by atoms with van der Waals surface area (Å²) in [4.78, 5) is 11.7. The molecule has 0 aliphatic heterocycles. The fraction of sp³-hybridized carbons (Fsp3) is 0.0769. The highest BCUT2D eigenvalue weighted by atomic mass is 19.4. The predicted octanol–water partition coefficient (Wildman–Crippen LogP) is 2.94. The van der Waals surface area contributed by atoms with Gasteiger partial charge in [0.25, 0.3) is 5.91 Å². The van der Waals surface area contributed by atoms with Crippen LogP contribution in [0.4, 0.5) is 13.2 Å². The lowest BCUT2D eigenvalue weighted by Crippen LogP contribution is -2.18. The summed E-state index contributed by atoms with van der Waals surface area (Å²) in [5.41, 5.74) is 3.03. The van der Waals surface area contributed by atoms with Gasteiger partial charge in [0.1, 0.15) is 5.75 Å². The summed E-state index contributed by atoms with van der Waals surface area (Å²) < 4.78 is 44.4. The van der Waals surface area contributed by atoms with Gasteiger partial charge in [-0.15, -0.1) is 13.2 Å². The van der Waals surface area contributed by atoms with E-state index in [2.05, 4.69) is 15.3 Å². The van der Waals surface area contributed by atoms with E-state index in [4.69, 9.17) is 4.42 Å². The number of alkyl halides is 3.